The second-order valence-electron chi connectivity index (χ2n) is 3.92. The quantitative estimate of drug-likeness (QED) is 0.745. The van der Waals surface area contributed by atoms with Gasteiger partial charge in [-0.15, -0.1) is 0 Å². The van der Waals surface area contributed by atoms with Crippen LogP contribution in [0.5, 0.6) is 0 Å². The van der Waals surface area contributed by atoms with Crippen molar-refractivity contribution in [3.63, 3.8) is 0 Å². The van der Waals surface area contributed by atoms with E-state index in [0.29, 0.717) is 10.3 Å². The minimum absolute atomic E-state index is 0.0174. The van der Waals surface area contributed by atoms with E-state index >= 15 is 0 Å². The van der Waals surface area contributed by atoms with Gasteiger partial charge in [0.1, 0.15) is 4.60 Å². The second-order valence-corrected chi connectivity index (χ2v) is 4.73. The fourth-order valence-electron chi connectivity index (χ4n) is 1.12. The second kappa shape index (κ2) is 6.56. The predicted molar refractivity (Wildman–Crippen MR) is 69.8 cm³/mol. The van der Waals surface area contributed by atoms with Crippen LogP contribution in [0.1, 0.15) is 13.8 Å². The highest BCUT2D eigenvalue weighted by atomic mass is 79.9. The maximum Gasteiger partial charge on any atom is 0.319 e. The average Bonchev–Trinajstić information content (AvgIpc) is 2.30. The van der Waals surface area contributed by atoms with E-state index in [2.05, 4.69) is 31.5 Å². The number of nitrogens with one attached hydrogen (secondary N) is 2. The Balaban J connectivity index is 2.47. The summed E-state index contributed by atoms with van der Waals surface area (Å²) in [7, 11) is 0. The Morgan fingerprint density at radius 2 is 2.24 bits per heavy atom. The van der Waals surface area contributed by atoms with Crippen LogP contribution in [0.2, 0.25) is 0 Å². The maximum absolute atomic E-state index is 11.6. The van der Waals surface area contributed by atoms with Crippen molar-refractivity contribution in [3.8, 4) is 0 Å². The Bertz CT molecular complexity index is 369. The summed E-state index contributed by atoms with van der Waals surface area (Å²) < 4.78 is 0.714. The Morgan fingerprint density at radius 3 is 2.76 bits per heavy atom. The molecule has 0 spiro atoms. The van der Waals surface area contributed by atoms with Gasteiger partial charge in [-0.3, -0.25) is 0 Å². The molecule has 0 fully saturated rings. The molecule has 0 bridgehead atoms. The van der Waals surface area contributed by atoms with Crippen LogP contribution in [0.4, 0.5) is 10.5 Å². The third-order valence-corrected chi connectivity index (χ3v) is 2.95. The molecule has 1 rings (SSSR count). The molecule has 2 atom stereocenters. The number of pyridine rings is 1. The number of urea groups is 1. The van der Waals surface area contributed by atoms with Crippen molar-refractivity contribution < 1.29 is 9.90 Å². The number of hydrogen-bond acceptors (Lipinski definition) is 3. The molecule has 0 aliphatic heterocycles. The summed E-state index contributed by atoms with van der Waals surface area (Å²) >= 11 is 3.21. The Morgan fingerprint density at radius 1 is 1.53 bits per heavy atom. The molecular formula is C11H16BrN3O2. The van der Waals surface area contributed by atoms with Crippen LogP contribution in [0.15, 0.2) is 22.9 Å². The molecule has 2 unspecified atom stereocenters. The van der Waals surface area contributed by atoms with Gasteiger partial charge in [-0.25, -0.2) is 9.78 Å². The van der Waals surface area contributed by atoms with Crippen molar-refractivity contribution in [2.75, 3.05) is 11.9 Å². The largest absolute Gasteiger partial charge is 0.396 e. The molecule has 1 aromatic heterocycles. The van der Waals surface area contributed by atoms with Crippen LogP contribution in [-0.2, 0) is 0 Å². The number of amides is 2. The van der Waals surface area contributed by atoms with Gasteiger partial charge in [0, 0.05) is 12.6 Å². The third-order valence-electron chi connectivity index (χ3n) is 2.49. The minimum Gasteiger partial charge on any atom is -0.396 e. The molecule has 1 heterocycles. The van der Waals surface area contributed by atoms with Crippen LogP contribution in [0, 0.1) is 5.92 Å². The van der Waals surface area contributed by atoms with E-state index in [1.165, 1.54) is 0 Å². The molecule has 0 radical (unpaired) electrons. The number of aliphatic hydroxyl groups excluding tert-OH is 1. The predicted octanol–water partition coefficient (Wildman–Crippen LogP) is 1.98. The van der Waals surface area contributed by atoms with Gasteiger partial charge in [-0.05, 0) is 40.9 Å². The summed E-state index contributed by atoms with van der Waals surface area (Å²) in [6.07, 6.45) is 1.56. The number of rotatable bonds is 4. The topological polar surface area (TPSA) is 74.2 Å². The molecule has 0 saturated carbocycles. The molecule has 3 N–H and O–H groups in total. The Kier molecular flexibility index (Phi) is 5.37. The van der Waals surface area contributed by atoms with Gasteiger partial charge in [0.25, 0.3) is 0 Å². The van der Waals surface area contributed by atoms with E-state index in [4.69, 9.17) is 5.11 Å². The molecule has 94 valence electrons. The van der Waals surface area contributed by atoms with Crippen molar-refractivity contribution in [2.24, 2.45) is 5.92 Å². The third kappa shape index (κ3) is 4.70. The first-order chi connectivity index (χ1) is 8.02. The standard InChI is InChI=1S/C11H16BrN3O2/c1-7(6-16)8(2)14-11(17)15-9-3-4-10(12)13-5-9/h3-5,7-8,16H,6H2,1-2H3,(H2,14,15,17). The number of aliphatic hydroxyl groups is 1. The van der Waals surface area contributed by atoms with E-state index in [1.54, 1.807) is 18.3 Å². The molecule has 17 heavy (non-hydrogen) atoms. The van der Waals surface area contributed by atoms with Gasteiger partial charge in [-0.1, -0.05) is 6.92 Å². The van der Waals surface area contributed by atoms with Crippen molar-refractivity contribution in [1.29, 1.82) is 0 Å². The molecule has 0 saturated heterocycles. The lowest BCUT2D eigenvalue weighted by molar-refractivity contribution is 0.204. The van der Waals surface area contributed by atoms with Crippen molar-refractivity contribution in [3.05, 3.63) is 22.9 Å². The van der Waals surface area contributed by atoms with Crippen LogP contribution in [0.25, 0.3) is 0 Å². The number of carbonyl (C=O) groups excluding carboxylic acids is 1. The maximum atomic E-state index is 11.6. The summed E-state index contributed by atoms with van der Waals surface area (Å²) in [5, 5.41) is 14.4. The van der Waals surface area contributed by atoms with E-state index < -0.39 is 0 Å². The van der Waals surface area contributed by atoms with Crippen molar-refractivity contribution in [1.82, 2.24) is 10.3 Å². The fourth-order valence-corrected chi connectivity index (χ4v) is 1.36. The smallest absolute Gasteiger partial charge is 0.319 e. The van der Waals surface area contributed by atoms with E-state index in [1.807, 2.05) is 13.8 Å². The molecular weight excluding hydrogens is 286 g/mol. The lowest BCUT2D eigenvalue weighted by Crippen LogP contribution is -2.40. The number of halogens is 1. The summed E-state index contributed by atoms with van der Waals surface area (Å²) in [4.78, 5) is 15.6. The summed E-state index contributed by atoms with van der Waals surface area (Å²) in [5.74, 6) is 0.0174. The lowest BCUT2D eigenvalue weighted by Gasteiger charge is -2.19. The molecule has 6 heteroatoms. The highest BCUT2D eigenvalue weighted by Gasteiger charge is 2.13. The van der Waals surface area contributed by atoms with Gasteiger partial charge >= 0.3 is 6.03 Å². The number of carbonyl (C=O) groups is 1. The number of aromatic nitrogens is 1. The van der Waals surface area contributed by atoms with Crippen LogP contribution in [0.3, 0.4) is 0 Å². The van der Waals surface area contributed by atoms with Gasteiger partial charge in [-0.2, -0.15) is 0 Å². The van der Waals surface area contributed by atoms with Crippen LogP contribution >= 0.6 is 15.9 Å². The number of hydrogen-bond donors (Lipinski definition) is 3. The van der Waals surface area contributed by atoms with Crippen molar-refractivity contribution in [2.45, 2.75) is 19.9 Å². The SMILES string of the molecule is CC(CO)C(C)NC(=O)Nc1ccc(Br)nc1. The Hall–Kier alpha value is -1.14. The van der Waals surface area contributed by atoms with Crippen LogP contribution in [-0.4, -0.2) is 28.8 Å². The molecule has 0 aliphatic rings. The molecule has 0 aromatic carbocycles. The summed E-state index contributed by atoms with van der Waals surface area (Å²) in [6.45, 7) is 3.76. The zero-order valence-electron chi connectivity index (χ0n) is 9.77. The summed E-state index contributed by atoms with van der Waals surface area (Å²) in [5.41, 5.74) is 0.620. The average molecular weight is 302 g/mol. The van der Waals surface area contributed by atoms with E-state index in [0.717, 1.165) is 0 Å². The van der Waals surface area contributed by atoms with E-state index in [-0.39, 0.29) is 24.6 Å². The fraction of sp³-hybridized carbons (Fsp3) is 0.455. The van der Waals surface area contributed by atoms with Gasteiger partial charge in [0.05, 0.1) is 11.9 Å². The first-order valence-corrected chi connectivity index (χ1v) is 6.12. The minimum atomic E-state index is -0.304. The van der Waals surface area contributed by atoms with E-state index in [9.17, 15) is 4.79 Å². The number of nitrogens with zero attached hydrogens (tertiary/aromatic N) is 1. The van der Waals surface area contributed by atoms with Crippen molar-refractivity contribution >= 4 is 27.6 Å². The normalized spacial score (nSPS) is 13.9. The van der Waals surface area contributed by atoms with Gasteiger partial charge in [0.15, 0.2) is 0 Å². The molecule has 0 aliphatic carbocycles. The first kappa shape index (κ1) is 13.9. The lowest BCUT2D eigenvalue weighted by atomic mass is 10.1. The van der Waals surface area contributed by atoms with Gasteiger partial charge < -0.3 is 15.7 Å². The summed E-state index contributed by atoms with van der Waals surface area (Å²) in [6, 6.07) is 3.09. The Labute approximate surface area is 109 Å². The monoisotopic (exact) mass is 301 g/mol. The molecule has 5 nitrogen and oxygen atoms in total. The molecule has 1 aromatic rings. The zero-order chi connectivity index (χ0) is 12.8. The highest BCUT2D eigenvalue weighted by Crippen LogP contribution is 2.10. The highest BCUT2D eigenvalue weighted by molar-refractivity contribution is 9.10. The van der Waals surface area contributed by atoms with Crippen LogP contribution < -0.4 is 10.6 Å². The van der Waals surface area contributed by atoms with Gasteiger partial charge in [0.2, 0.25) is 0 Å². The first-order valence-electron chi connectivity index (χ1n) is 5.33. The zero-order valence-corrected chi connectivity index (χ0v) is 11.4. The molecule has 2 amide bonds. The number of anilines is 1.